The number of carbonyl (C=O) groups is 2. The second kappa shape index (κ2) is 6.37. The normalized spacial score (nSPS) is 26.1. The number of nitrogens with zero attached hydrogens (tertiary/aromatic N) is 2. The van der Waals surface area contributed by atoms with Gasteiger partial charge in [-0.25, -0.2) is 0 Å². The van der Waals surface area contributed by atoms with Crippen LogP contribution >= 0.6 is 0 Å². The third kappa shape index (κ3) is 3.47. The number of carbonyl (C=O) groups excluding carboxylic acids is 1. The molecule has 5 heteroatoms. The lowest BCUT2D eigenvalue weighted by atomic mass is 10.0. The highest BCUT2D eigenvalue weighted by Gasteiger charge is 2.38. The maximum Gasteiger partial charge on any atom is 0.308 e. The third-order valence-electron chi connectivity index (χ3n) is 4.33. The van der Waals surface area contributed by atoms with E-state index in [1.54, 1.807) is 0 Å². The molecular formula is C14H24N2O3. The number of hydrogen-bond acceptors (Lipinski definition) is 3. The highest BCUT2D eigenvalue weighted by atomic mass is 16.4. The van der Waals surface area contributed by atoms with E-state index in [4.69, 9.17) is 5.11 Å². The summed E-state index contributed by atoms with van der Waals surface area (Å²) in [6, 6.07) is 0.259. The first kappa shape index (κ1) is 14.3. The first-order valence-electron chi connectivity index (χ1n) is 7.36. The Morgan fingerprint density at radius 1 is 1.37 bits per heavy atom. The lowest BCUT2D eigenvalue weighted by Crippen LogP contribution is -2.45. The van der Waals surface area contributed by atoms with Gasteiger partial charge in [-0.3, -0.25) is 9.59 Å². The number of rotatable bonds is 5. The number of piperidine rings is 1. The predicted octanol–water partition coefficient (Wildman–Crippen LogP) is 1.18. The molecule has 19 heavy (non-hydrogen) atoms. The molecule has 5 nitrogen and oxygen atoms in total. The first-order valence-corrected chi connectivity index (χ1v) is 7.36. The van der Waals surface area contributed by atoms with Crippen LogP contribution in [0.1, 0.15) is 39.0 Å². The Balaban J connectivity index is 1.81. The van der Waals surface area contributed by atoms with Gasteiger partial charge < -0.3 is 14.9 Å². The Morgan fingerprint density at radius 2 is 2.05 bits per heavy atom. The van der Waals surface area contributed by atoms with Crippen LogP contribution in [0.3, 0.4) is 0 Å². The molecule has 0 saturated carbocycles. The highest BCUT2D eigenvalue weighted by Crippen LogP contribution is 2.25. The molecule has 0 aromatic heterocycles. The molecule has 2 saturated heterocycles. The number of aliphatic carboxylic acids is 1. The number of likely N-dealkylation sites (tertiary alicyclic amines) is 2. The van der Waals surface area contributed by atoms with Crippen molar-refractivity contribution >= 4 is 11.9 Å². The van der Waals surface area contributed by atoms with Crippen LogP contribution in [0, 0.1) is 5.92 Å². The zero-order valence-corrected chi connectivity index (χ0v) is 11.7. The van der Waals surface area contributed by atoms with Crippen LogP contribution in [0.2, 0.25) is 0 Å². The molecule has 0 aliphatic carbocycles. The molecule has 108 valence electrons. The van der Waals surface area contributed by atoms with E-state index in [9.17, 15) is 9.59 Å². The van der Waals surface area contributed by atoms with Crippen molar-refractivity contribution in [3.63, 3.8) is 0 Å². The van der Waals surface area contributed by atoms with Gasteiger partial charge in [0.1, 0.15) is 0 Å². The molecule has 0 spiro atoms. The van der Waals surface area contributed by atoms with Crippen molar-refractivity contribution in [1.29, 1.82) is 0 Å². The predicted molar refractivity (Wildman–Crippen MR) is 71.8 cm³/mol. The molecule has 2 aliphatic heterocycles. The van der Waals surface area contributed by atoms with Crippen LogP contribution in [-0.2, 0) is 9.59 Å². The van der Waals surface area contributed by atoms with Gasteiger partial charge in [0.05, 0.1) is 5.92 Å². The second-order valence-electron chi connectivity index (χ2n) is 5.71. The SMILES string of the molecule is CCCCN1CCC(N2CC(C(=O)O)CC2=O)CC1. The van der Waals surface area contributed by atoms with Gasteiger partial charge in [0.25, 0.3) is 0 Å². The molecule has 2 fully saturated rings. The summed E-state index contributed by atoms with van der Waals surface area (Å²) < 4.78 is 0. The summed E-state index contributed by atoms with van der Waals surface area (Å²) in [5, 5.41) is 9.00. The Morgan fingerprint density at radius 3 is 2.58 bits per heavy atom. The molecule has 1 atom stereocenters. The fourth-order valence-corrected chi connectivity index (χ4v) is 3.09. The molecule has 0 bridgehead atoms. The van der Waals surface area contributed by atoms with Gasteiger partial charge in [-0.1, -0.05) is 13.3 Å². The van der Waals surface area contributed by atoms with Crippen LogP contribution in [0.4, 0.5) is 0 Å². The van der Waals surface area contributed by atoms with E-state index < -0.39 is 11.9 Å². The average Bonchev–Trinajstić information content (AvgIpc) is 2.79. The van der Waals surface area contributed by atoms with Gasteiger partial charge in [-0.05, 0) is 25.8 Å². The van der Waals surface area contributed by atoms with E-state index in [-0.39, 0.29) is 18.4 Å². The van der Waals surface area contributed by atoms with E-state index in [0.29, 0.717) is 6.54 Å². The van der Waals surface area contributed by atoms with Crippen molar-refractivity contribution in [3.8, 4) is 0 Å². The number of unbranched alkanes of at least 4 members (excludes halogenated alkanes) is 1. The summed E-state index contributed by atoms with van der Waals surface area (Å²) in [7, 11) is 0. The Kier molecular flexibility index (Phi) is 4.80. The maximum absolute atomic E-state index is 11.9. The van der Waals surface area contributed by atoms with E-state index in [1.807, 2.05) is 4.90 Å². The summed E-state index contributed by atoms with van der Waals surface area (Å²) >= 11 is 0. The van der Waals surface area contributed by atoms with Crippen molar-refractivity contribution in [1.82, 2.24) is 9.80 Å². The van der Waals surface area contributed by atoms with Gasteiger partial charge in [0, 0.05) is 32.1 Å². The van der Waals surface area contributed by atoms with Crippen molar-refractivity contribution in [2.24, 2.45) is 5.92 Å². The summed E-state index contributed by atoms with van der Waals surface area (Å²) in [6.45, 7) is 5.82. The topological polar surface area (TPSA) is 60.9 Å². The molecule has 2 aliphatic rings. The summed E-state index contributed by atoms with van der Waals surface area (Å²) in [6.07, 6.45) is 4.61. The van der Waals surface area contributed by atoms with Crippen LogP contribution in [-0.4, -0.2) is 59.0 Å². The summed E-state index contributed by atoms with van der Waals surface area (Å²) in [5.41, 5.74) is 0. The monoisotopic (exact) mass is 268 g/mol. The smallest absolute Gasteiger partial charge is 0.308 e. The first-order chi connectivity index (χ1) is 9.11. The zero-order valence-electron chi connectivity index (χ0n) is 11.7. The van der Waals surface area contributed by atoms with Gasteiger partial charge in [-0.15, -0.1) is 0 Å². The fourth-order valence-electron chi connectivity index (χ4n) is 3.09. The Hall–Kier alpha value is -1.10. The van der Waals surface area contributed by atoms with Crippen molar-refractivity contribution < 1.29 is 14.7 Å². The van der Waals surface area contributed by atoms with Crippen LogP contribution in [0.15, 0.2) is 0 Å². The number of carboxylic acids is 1. The maximum atomic E-state index is 11.9. The standard InChI is InChI=1S/C14H24N2O3/c1-2-3-6-15-7-4-12(5-8-15)16-10-11(14(18)19)9-13(16)17/h11-12H,2-10H2,1H3,(H,18,19). The van der Waals surface area contributed by atoms with Crippen LogP contribution in [0.25, 0.3) is 0 Å². The Labute approximate surface area is 114 Å². The summed E-state index contributed by atoms with van der Waals surface area (Å²) in [4.78, 5) is 27.1. The molecule has 0 aromatic carbocycles. The minimum atomic E-state index is -0.837. The molecule has 2 heterocycles. The van der Waals surface area contributed by atoms with Gasteiger partial charge >= 0.3 is 5.97 Å². The van der Waals surface area contributed by atoms with Crippen LogP contribution < -0.4 is 0 Å². The quantitative estimate of drug-likeness (QED) is 0.813. The number of carboxylic acid groups (broad SMARTS) is 1. The van der Waals surface area contributed by atoms with Gasteiger partial charge in [0.2, 0.25) is 5.91 Å². The zero-order chi connectivity index (χ0) is 13.8. The Bertz CT molecular complexity index is 338. The molecule has 0 radical (unpaired) electrons. The van der Waals surface area contributed by atoms with Crippen molar-refractivity contribution in [3.05, 3.63) is 0 Å². The highest BCUT2D eigenvalue weighted by molar-refractivity contribution is 5.86. The van der Waals surface area contributed by atoms with Gasteiger partial charge in [-0.2, -0.15) is 0 Å². The fraction of sp³-hybridized carbons (Fsp3) is 0.857. The number of amides is 1. The minimum Gasteiger partial charge on any atom is -0.481 e. The minimum absolute atomic E-state index is 0.0272. The second-order valence-corrected chi connectivity index (χ2v) is 5.71. The number of hydrogen-bond donors (Lipinski definition) is 1. The van der Waals surface area contributed by atoms with Gasteiger partial charge in [0.15, 0.2) is 0 Å². The van der Waals surface area contributed by atoms with E-state index in [1.165, 1.54) is 12.8 Å². The summed E-state index contributed by atoms with van der Waals surface area (Å²) in [5.74, 6) is -1.30. The molecular weight excluding hydrogens is 244 g/mol. The lowest BCUT2D eigenvalue weighted by Gasteiger charge is -2.36. The largest absolute Gasteiger partial charge is 0.481 e. The molecule has 1 N–H and O–H groups in total. The third-order valence-corrected chi connectivity index (χ3v) is 4.33. The average molecular weight is 268 g/mol. The molecule has 2 rings (SSSR count). The van der Waals surface area contributed by atoms with E-state index >= 15 is 0 Å². The van der Waals surface area contributed by atoms with Crippen molar-refractivity contribution in [2.45, 2.75) is 45.1 Å². The molecule has 1 amide bonds. The van der Waals surface area contributed by atoms with E-state index in [2.05, 4.69) is 11.8 Å². The van der Waals surface area contributed by atoms with Crippen molar-refractivity contribution in [2.75, 3.05) is 26.2 Å². The van der Waals surface area contributed by atoms with E-state index in [0.717, 1.165) is 32.5 Å². The molecule has 0 aromatic rings. The van der Waals surface area contributed by atoms with Crippen LogP contribution in [0.5, 0.6) is 0 Å². The molecule has 1 unspecified atom stereocenters. The lowest BCUT2D eigenvalue weighted by molar-refractivity contribution is -0.141.